The Morgan fingerprint density at radius 3 is 2.62 bits per heavy atom. The summed E-state index contributed by atoms with van der Waals surface area (Å²) in [6.07, 6.45) is 2.53. The standard InChI is InChI=1S/C10H11ClO2/c1-7(2)8(6-12)5-9-3-4-10(11)13-9/h3-7H,1-2H3. The fraction of sp³-hybridized carbons (Fsp3) is 0.300. The van der Waals surface area contributed by atoms with Crippen LogP contribution in [0.3, 0.4) is 0 Å². The monoisotopic (exact) mass is 198 g/mol. The van der Waals surface area contributed by atoms with Crippen LogP contribution in [0.2, 0.25) is 5.22 Å². The zero-order valence-electron chi connectivity index (χ0n) is 7.58. The highest BCUT2D eigenvalue weighted by molar-refractivity contribution is 6.28. The second-order valence-corrected chi connectivity index (χ2v) is 3.43. The lowest BCUT2D eigenvalue weighted by Crippen LogP contribution is -1.94. The largest absolute Gasteiger partial charge is 0.445 e. The fourth-order valence-corrected chi connectivity index (χ4v) is 1.06. The molecule has 2 nitrogen and oxygen atoms in total. The number of allylic oxidation sites excluding steroid dienone is 1. The van der Waals surface area contributed by atoms with E-state index in [0.717, 1.165) is 6.29 Å². The molecule has 0 aliphatic heterocycles. The minimum absolute atomic E-state index is 0.196. The molecule has 1 aromatic rings. The third kappa shape index (κ3) is 2.74. The van der Waals surface area contributed by atoms with Gasteiger partial charge in [-0.05, 0) is 41.3 Å². The summed E-state index contributed by atoms with van der Waals surface area (Å²) in [6, 6.07) is 3.38. The summed E-state index contributed by atoms with van der Waals surface area (Å²) >= 11 is 5.58. The first-order chi connectivity index (χ1) is 6.13. The second-order valence-electron chi connectivity index (χ2n) is 3.06. The molecule has 0 saturated heterocycles. The number of carbonyl (C=O) groups is 1. The molecule has 0 amide bonds. The number of furan rings is 1. The fourth-order valence-electron chi connectivity index (χ4n) is 0.907. The smallest absolute Gasteiger partial charge is 0.193 e. The molecule has 0 unspecified atom stereocenters. The predicted molar refractivity (Wildman–Crippen MR) is 52.6 cm³/mol. The summed E-state index contributed by atoms with van der Waals surface area (Å²) < 4.78 is 5.10. The van der Waals surface area contributed by atoms with E-state index in [9.17, 15) is 4.79 Å². The summed E-state index contributed by atoms with van der Waals surface area (Å²) in [5.41, 5.74) is 0.700. The van der Waals surface area contributed by atoms with Crippen molar-refractivity contribution < 1.29 is 9.21 Å². The van der Waals surface area contributed by atoms with Crippen LogP contribution in [0.1, 0.15) is 19.6 Å². The molecule has 0 aliphatic rings. The molecule has 0 saturated carbocycles. The quantitative estimate of drug-likeness (QED) is 0.552. The van der Waals surface area contributed by atoms with Gasteiger partial charge in [0.05, 0.1) is 0 Å². The Labute approximate surface area is 82.2 Å². The minimum Gasteiger partial charge on any atom is -0.445 e. The van der Waals surface area contributed by atoms with E-state index >= 15 is 0 Å². The number of rotatable bonds is 3. The van der Waals surface area contributed by atoms with Crippen LogP contribution in [0.15, 0.2) is 22.1 Å². The van der Waals surface area contributed by atoms with Crippen molar-refractivity contribution in [2.45, 2.75) is 13.8 Å². The average Bonchev–Trinajstić information content (AvgIpc) is 2.46. The zero-order valence-corrected chi connectivity index (χ0v) is 8.34. The van der Waals surface area contributed by atoms with Gasteiger partial charge in [0.25, 0.3) is 0 Å². The van der Waals surface area contributed by atoms with Crippen LogP contribution in [-0.4, -0.2) is 6.29 Å². The van der Waals surface area contributed by atoms with Crippen molar-refractivity contribution >= 4 is 24.0 Å². The van der Waals surface area contributed by atoms with E-state index in [-0.39, 0.29) is 5.92 Å². The third-order valence-corrected chi connectivity index (χ3v) is 1.91. The Bertz CT molecular complexity index is 323. The van der Waals surface area contributed by atoms with E-state index in [2.05, 4.69) is 0 Å². The van der Waals surface area contributed by atoms with Gasteiger partial charge in [0.2, 0.25) is 0 Å². The Hall–Kier alpha value is -1.02. The van der Waals surface area contributed by atoms with Crippen LogP contribution in [0.4, 0.5) is 0 Å². The lowest BCUT2D eigenvalue weighted by Gasteiger charge is -2.00. The van der Waals surface area contributed by atoms with Crippen molar-refractivity contribution in [1.82, 2.24) is 0 Å². The van der Waals surface area contributed by atoms with Crippen molar-refractivity contribution in [3.63, 3.8) is 0 Å². The normalized spacial score (nSPS) is 12.2. The minimum atomic E-state index is 0.196. The Morgan fingerprint density at radius 2 is 2.23 bits per heavy atom. The summed E-state index contributed by atoms with van der Waals surface area (Å²) in [4.78, 5) is 10.6. The van der Waals surface area contributed by atoms with E-state index in [1.807, 2.05) is 13.8 Å². The number of halogens is 1. The zero-order chi connectivity index (χ0) is 9.84. The first kappa shape index (κ1) is 10.1. The molecule has 0 aliphatic carbocycles. The predicted octanol–water partition coefficient (Wildman–Crippen LogP) is 3.17. The molecule has 1 aromatic heterocycles. The van der Waals surface area contributed by atoms with Crippen LogP contribution in [0, 0.1) is 5.92 Å². The van der Waals surface area contributed by atoms with Crippen LogP contribution in [0.25, 0.3) is 6.08 Å². The van der Waals surface area contributed by atoms with Crippen LogP contribution in [0.5, 0.6) is 0 Å². The SMILES string of the molecule is CC(C)C(C=O)=Cc1ccc(Cl)o1. The summed E-state index contributed by atoms with van der Waals surface area (Å²) in [5, 5.41) is 0.334. The highest BCUT2D eigenvalue weighted by Crippen LogP contribution is 2.17. The van der Waals surface area contributed by atoms with Gasteiger partial charge < -0.3 is 4.42 Å². The molecule has 70 valence electrons. The van der Waals surface area contributed by atoms with Crippen LogP contribution < -0.4 is 0 Å². The molecule has 0 radical (unpaired) electrons. The molecular weight excluding hydrogens is 188 g/mol. The second kappa shape index (κ2) is 4.28. The molecule has 0 bridgehead atoms. The van der Waals surface area contributed by atoms with Gasteiger partial charge in [0.15, 0.2) is 5.22 Å². The Balaban J connectivity index is 2.91. The molecule has 0 spiro atoms. The maximum absolute atomic E-state index is 10.6. The van der Waals surface area contributed by atoms with Gasteiger partial charge >= 0.3 is 0 Å². The molecule has 0 aromatic carbocycles. The van der Waals surface area contributed by atoms with Gasteiger partial charge in [0, 0.05) is 0 Å². The van der Waals surface area contributed by atoms with Gasteiger partial charge in [0.1, 0.15) is 12.0 Å². The lowest BCUT2D eigenvalue weighted by atomic mass is 10.0. The van der Waals surface area contributed by atoms with E-state index in [1.54, 1.807) is 18.2 Å². The van der Waals surface area contributed by atoms with Gasteiger partial charge in [-0.15, -0.1) is 0 Å². The van der Waals surface area contributed by atoms with E-state index < -0.39 is 0 Å². The number of aldehydes is 1. The van der Waals surface area contributed by atoms with Crippen molar-refractivity contribution in [3.8, 4) is 0 Å². The van der Waals surface area contributed by atoms with Crippen LogP contribution in [-0.2, 0) is 4.79 Å². The lowest BCUT2D eigenvalue weighted by molar-refractivity contribution is -0.105. The number of carbonyl (C=O) groups excluding carboxylic acids is 1. The summed E-state index contributed by atoms with van der Waals surface area (Å²) in [6.45, 7) is 3.90. The van der Waals surface area contributed by atoms with Gasteiger partial charge in [-0.2, -0.15) is 0 Å². The van der Waals surface area contributed by atoms with Gasteiger partial charge in [-0.3, -0.25) is 4.79 Å². The molecule has 0 N–H and O–H groups in total. The molecule has 1 rings (SSSR count). The molecular formula is C10H11ClO2. The summed E-state index contributed by atoms with van der Waals surface area (Å²) in [7, 11) is 0. The van der Waals surface area contributed by atoms with E-state index in [4.69, 9.17) is 16.0 Å². The average molecular weight is 199 g/mol. The molecule has 13 heavy (non-hydrogen) atoms. The molecule has 0 atom stereocenters. The van der Waals surface area contributed by atoms with Crippen LogP contribution >= 0.6 is 11.6 Å². The first-order valence-corrected chi connectivity index (χ1v) is 4.43. The van der Waals surface area contributed by atoms with E-state index in [0.29, 0.717) is 16.6 Å². The maximum Gasteiger partial charge on any atom is 0.193 e. The van der Waals surface area contributed by atoms with Crippen molar-refractivity contribution in [3.05, 3.63) is 28.7 Å². The van der Waals surface area contributed by atoms with Gasteiger partial charge in [-0.25, -0.2) is 0 Å². The third-order valence-electron chi connectivity index (χ3n) is 1.71. The Morgan fingerprint density at radius 1 is 1.54 bits per heavy atom. The topological polar surface area (TPSA) is 30.2 Å². The van der Waals surface area contributed by atoms with Gasteiger partial charge in [-0.1, -0.05) is 13.8 Å². The van der Waals surface area contributed by atoms with Crippen molar-refractivity contribution in [2.75, 3.05) is 0 Å². The number of hydrogen-bond acceptors (Lipinski definition) is 2. The maximum atomic E-state index is 10.6. The molecule has 3 heteroatoms. The molecule has 1 heterocycles. The highest BCUT2D eigenvalue weighted by Gasteiger charge is 2.03. The van der Waals surface area contributed by atoms with Crippen molar-refractivity contribution in [2.24, 2.45) is 5.92 Å². The molecule has 0 fully saturated rings. The number of hydrogen-bond donors (Lipinski definition) is 0. The van der Waals surface area contributed by atoms with E-state index in [1.165, 1.54) is 0 Å². The van der Waals surface area contributed by atoms with Crippen molar-refractivity contribution in [1.29, 1.82) is 0 Å². The Kier molecular flexibility index (Phi) is 3.32. The first-order valence-electron chi connectivity index (χ1n) is 4.05. The highest BCUT2D eigenvalue weighted by atomic mass is 35.5. The summed E-state index contributed by atoms with van der Waals surface area (Å²) in [5.74, 6) is 0.808.